The Morgan fingerprint density at radius 1 is 0.913 bits per heavy atom. The van der Waals surface area contributed by atoms with Crippen LogP contribution in [0.2, 0.25) is 18.1 Å². The van der Waals surface area contributed by atoms with E-state index in [0.717, 1.165) is 5.57 Å². The lowest BCUT2D eigenvalue weighted by Gasteiger charge is -2.38. The average molecular weight is 682 g/mol. The van der Waals surface area contributed by atoms with Crippen molar-refractivity contribution in [1.82, 2.24) is 9.96 Å². The minimum atomic E-state index is -4.75. The fourth-order valence-corrected chi connectivity index (χ4v) is 10.6. The lowest BCUT2D eigenvalue weighted by molar-refractivity contribution is -0.0213. The predicted octanol–water partition coefficient (Wildman–Crippen LogP) is 6.69. The molecule has 11 heteroatoms. The Kier molecular flexibility index (Phi) is 11.1. The largest absolute Gasteiger partial charge is 0.418 e. The molecule has 0 spiro atoms. The van der Waals surface area contributed by atoms with E-state index in [1.165, 1.54) is 20.8 Å². The van der Waals surface area contributed by atoms with Crippen LogP contribution in [0.5, 0.6) is 0 Å². The Morgan fingerprint density at radius 3 is 1.76 bits per heavy atom. The van der Waals surface area contributed by atoms with Gasteiger partial charge >= 0.3 is 16.4 Å². The molecule has 46 heavy (non-hydrogen) atoms. The fourth-order valence-electron chi connectivity index (χ4n) is 5.46. The van der Waals surface area contributed by atoms with Gasteiger partial charge in [-0.25, -0.2) is 4.79 Å². The van der Waals surface area contributed by atoms with Crippen molar-refractivity contribution in [2.45, 2.75) is 64.8 Å². The molecule has 1 N–H and O–H groups in total. The summed E-state index contributed by atoms with van der Waals surface area (Å²) in [5.41, 5.74) is 0.810. The van der Waals surface area contributed by atoms with Crippen LogP contribution in [0.1, 0.15) is 34.6 Å². The average Bonchev–Trinajstić information content (AvgIpc) is 3.29. The number of benzene rings is 3. The SMILES string of the molecule is C/C=C/[P+](c1ccccc1)(c1ccccc1)c1ccccc1.CC1=C[C@@H](CO[Si](C)(C)C(C)(C)C)N2C[C@@H]1N(OS(=O)(=O)O)C2=O. The van der Waals surface area contributed by atoms with Crippen molar-refractivity contribution < 1.29 is 26.5 Å². The Labute approximate surface area is 276 Å². The molecular formula is C35H46N2O6PSSi+. The zero-order valence-electron chi connectivity index (χ0n) is 27.7. The highest BCUT2D eigenvalue weighted by Gasteiger charge is 2.48. The van der Waals surface area contributed by atoms with E-state index in [2.05, 4.69) is 148 Å². The van der Waals surface area contributed by atoms with Crippen molar-refractivity contribution in [2.24, 2.45) is 0 Å². The Bertz CT molecular complexity index is 1550. The molecule has 8 nitrogen and oxygen atoms in total. The molecular weight excluding hydrogens is 636 g/mol. The topological polar surface area (TPSA) is 96.4 Å². The van der Waals surface area contributed by atoms with E-state index in [1.54, 1.807) is 6.92 Å². The van der Waals surface area contributed by atoms with Gasteiger partial charge in [-0.05, 0) is 74.0 Å². The zero-order valence-corrected chi connectivity index (χ0v) is 30.4. The molecule has 5 rings (SSSR count). The number of fused-ring (bicyclic) bond motifs is 2. The molecule has 2 heterocycles. The van der Waals surface area contributed by atoms with E-state index in [0.29, 0.717) is 18.2 Å². The molecule has 0 saturated carbocycles. The van der Waals surface area contributed by atoms with Crippen molar-refractivity contribution >= 4 is 47.9 Å². The van der Waals surface area contributed by atoms with Gasteiger partial charge in [-0.2, -0.15) is 13.5 Å². The van der Waals surface area contributed by atoms with Crippen LogP contribution in [-0.2, 0) is 19.1 Å². The highest BCUT2D eigenvalue weighted by molar-refractivity contribution is 7.98. The Morgan fingerprint density at radius 2 is 1.37 bits per heavy atom. The third kappa shape index (κ3) is 7.87. The lowest BCUT2D eigenvalue weighted by atomic mass is 10.0. The minimum absolute atomic E-state index is 0.0537. The molecule has 2 atom stereocenters. The van der Waals surface area contributed by atoms with Crippen LogP contribution in [-0.4, -0.2) is 62.5 Å². The lowest BCUT2D eigenvalue weighted by Crippen LogP contribution is -2.47. The van der Waals surface area contributed by atoms with Crippen LogP contribution in [0.4, 0.5) is 4.79 Å². The number of urea groups is 1. The van der Waals surface area contributed by atoms with E-state index in [9.17, 15) is 13.2 Å². The van der Waals surface area contributed by atoms with Crippen molar-refractivity contribution in [3.63, 3.8) is 0 Å². The summed E-state index contributed by atoms with van der Waals surface area (Å²) >= 11 is 0. The number of nitrogens with zero attached hydrogens (tertiary/aromatic N) is 2. The first-order chi connectivity index (χ1) is 21.6. The molecule has 1 fully saturated rings. The summed E-state index contributed by atoms with van der Waals surface area (Å²) in [5.74, 6) is 2.41. The van der Waals surface area contributed by atoms with Crippen molar-refractivity contribution in [2.75, 3.05) is 13.2 Å². The summed E-state index contributed by atoms with van der Waals surface area (Å²) in [4.78, 5) is 13.9. The van der Waals surface area contributed by atoms with Gasteiger partial charge in [0, 0.05) is 0 Å². The summed E-state index contributed by atoms with van der Waals surface area (Å²) in [5, 5.41) is 4.95. The summed E-state index contributed by atoms with van der Waals surface area (Å²) in [6.07, 6.45) is 4.09. The summed E-state index contributed by atoms with van der Waals surface area (Å²) < 4.78 is 41.4. The number of carbonyl (C=O) groups is 1. The van der Waals surface area contributed by atoms with Gasteiger partial charge in [0.15, 0.2) is 8.32 Å². The van der Waals surface area contributed by atoms with Gasteiger partial charge in [-0.1, -0.05) is 87.5 Å². The molecule has 0 aromatic heterocycles. The molecule has 3 aromatic rings. The first-order valence-corrected chi connectivity index (χ1v) is 21.5. The van der Waals surface area contributed by atoms with Crippen LogP contribution in [0.25, 0.3) is 0 Å². The second-order valence-corrected chi connectivity index (χ2v) is 22.1. The highest BCUT2D eigenvalue weighted by atomic mass is 32.3. The number of hydrogen-bond acceptors (Lipinski definition) is 5. The van der Waals surface area contributed by atoms with Crippen LogP contribution in [0.3, 0.4) is 0 Å². The molecule has 3 aromatic carbocycles. The maximum atomic E-state index is 12.4. The van der Waals surface area contributed by atoms with Crippen LogP contribution < -0.4 is 15.9 Å². The van der Waals surface area contributed by atoms with Gasteiger partial charge in [0.25, 0.3) is 0 Å². The molecule has 0 radical (unpaired) electrons. The van der Waals surface area contributed by atoms with Crippen LogP contribution in [0, 0.1) is 0 Å². The smallest absolute Gasteiger partial charge is 0.414 e. The first kappa shape index (κ1) is 35.7. The number of rotatable bonds is 9. The van der Waals surface area contributed by atoms with Crippen LogP contribution >= 0.6 is 7.26 Å². The van der Waals surface area contributed by atoms with Crippen molar-refractivity contribution in [3.8, 4) is 0 Å². The van der Waals surface area contributed by atoms with Gasteiger partial charge in [0.2, 0.25) is 0 Å². The number of hydrogen-bond donors (Lipinski definition) is 1. The van der Waals surface area contributed by atoms with Crippen molar-refractivity contribution in [1.29, 1.82) is 0 Å². The van der Waals surface area contributed by atoms with Gasteiger partial charge in [0.1, 0.15) is 29.2 Å². The standard InChI is InChI=1S/C21H20P.C14H26N2O6SSi/c1-2-18-22(19-12-6-3-7-13-19,20-14-8-4-9-15-20)21-16-10-5-11-17-21;1-10-7-11(9-21-24(5,6)14(2,3)4)15-8-12(10)16(13(15)17)22-23(18,19)20/h2-18H,1H3;7,11-12H,8-9H2,1-6H3,(H,18,19,20)/q+1;/b18-2+;/t;11-,12-/m.0/s1. The van der Waals surface area contributed by atoms with Gasteiger partial charge in [0.05, 0.1) is 25.0 Å². The van der Waals surface area contributed by atoms with E-state index in [1.807, 2.05) is 6.08 Å². The third-order valence-electron chi connectivity index (χ3n) is 8.93. The molecule has 2 aliphatic rings. The normalized spacial score (nSPS) is 18.8. The van der Waals surface area contributed by atoms with E-state index in [-0.39, 0.29) is 11.1 Å². The Hall–Kier alpha value is -3.11. The predicted molar refractivity (Wildman–Crippen MR) is 191 cm³/mol. The quantitative estimate of drug-likeness (QED) is 0.117. The van der Waals surface area contributed by atoms with E-state index < -0.39 is 38.1 Å². The van der Waals surface area contributed by atoms with E-state index in [4.69, 9.17) is 8.98 Å². The molecule has 0 unspecified atom stereocenters. The zero-order chi connectivity index (χ0) is 33.8. The van der Waals surface area contributed by atoms with Gasteiger partial charge in [-0.3, -0.25) is 4.55 Å². The number of amides is 2. The maximum absolute atomic E-state index is 12.4. The van der Waals surface area contributed by atoms with Gasteiger partial charge < -0.3 is 9.33 Å². The molecule has 2 aliphatic heterocycles. The second kappa shape index (κ2) is 14.3. The van der Waals surface area contributed by atoms with Gasteiger partial charge in [-0.15, -0.1) is 4.28 Å². The first-order valence-electron chi connectivity index (χ1n) is 15.4. The maximum Gasteiger partial charge on any atom is 0.418 e. The summed E-state index contributed by atoms with van der Waals surface area (Å²) in [7, 11) is -8.45. The highest BCUT2D eigenvalue weighted by Crippen LogP contribution is 2.56. The minimum Gasteiger partial charge on any atom is -0.414 e. The Balaban J connectivity index is 0.000000209. The third-order valence-corrected chi connectivity index (χ3v) is 17.9. The number of carbonyl (C=O) groups excluding carboxylic acids is 1. The summed E-state index contributed by atoms with van der Waals surface area (Å²) in [6.45, 7) is 15.3. The monoisotopic (exact) mass is 681 g/mol. The molecule has 1 saturated heterocycles. The van der Waals surface area contributed by atoms with Crippen LogP contribution in [0.15, 0.2) is 115 Å². The molecule has 2 amide bonds. The molecule has 2 bridgehead atoms. The number of hydroxylamine groups is 2. The van der Waals surface area contributed by atoms with Crippen molar-refractivity contribution in [3.05, 3.63) is 115 Å². The fraction of sp³-hybridized carbons (Fsp3) is 0.343. The summed E-state index contributed by atoms with van der Waals surface area (Å²) in [6, 6.07) is 31.2. The second-order valence-electron chi connectivity index (χ2n) is 13.0. The molecule has 246 valence electrons. The molecule has 0 aliphatic carbocycles. The number of allylic oxidation sites excluding steroid dienone is 1. The van der Waals surface area contributed by atoms with E-state index >= 15 is 0 Å².